The molecule has 0 aromatic heterocycles. The van der Waals surface area contributed by atoms with Crippen molar-refractivity contribution in [2.75, 3.05) is 20.2 Å². The van der Waals surface area contributed by atoms with Gasteiger partial charge in [-0.05, 0) is 57.0 Å². The van der Waals surface area contributed by atoms with Crippen LogP contribution < -0.4 is 16.0 Å². The Hall–Kier alpha value is -1.10. The van der Waals surface area contributed by atoms with Gasteiger partial charge in [0.15, 0.2) is 0 Å². The minimum Gasteiger partial charge on any atom is -0.497 e. The van der Waals surface area contributed by atoms with Gasteiger partial charge >= 0.3 is 0 Å². The van der Waals surface area contributed by atoms with Crippen molar-refractivity contribution in [3.63, 3.8) is 0 Å². The van der Waals surface area contributed by atoms with E-state index in [4.69, 9.17) is 10.6 Å². The number of nitrogens with one attached hydrogen (secondary N) is 1. The van der Waals surface area contributed by atoms with Crippen molar-refractivity contribution >= 4 is 0 Å². The fourth-order valence-electron chi connectivity index (χ4n) is 3.29. The van der Waals surface area contributed by atoms with Crippen LogP contribution in [0.3, 0.4) is 0 Å². The first kappa shape index (κ1) is 15.3. The van der Waals surface area contributed by atoms with Crippen molar-refractivity contribution < 1.29 is 4.74 Å². The zero-order chi connectivity index (χ0) is 14.6. The highest BCUT2D eigenvalue weighted by atomic mass is 16.5. The van der Waals surface area contributed by atoms with Crippen LogP contribution in [0.15, 0.2) is 24.3 Å². The molecule has 0 amide bonds. The van der Waals surface area contributed by atoms with E-state index in [1.54, 1.807) is 7.11 Å². The molecule has 2 rings (SSSR count). The van der Waals surface area contributed by atoms with E-state index >= 15 is 0 Å². The summed E-state index contributed by atoms with van der Waals surface area (Å²) in [6.45, 7) is 6.87. The Kier molecular flexibility index (Phi) is 5.02. The van der Waals surface area contributed by atoms with Crippen LogP contribution in [-0.4, -0.2) is 30.6 Å². The summed E-state index contributed by atoms with van der Waals surface area (Å²) in [4.78, 5) is 2.57. The minimum atomic E-state index is 0.0254. The molecular formula is C16H27N3O. The first-order valence-corrected chi connectivity index (χ1v) is 7.51. The standard InChI is InChI=1S/C16H27N3O/c1-4-16(2,19-10-5-6-11-19)15(18-17)13-8-7-9-14(12-13)20-3/h7-9,12,15,18H,4-6,10-11,17H2,1-3H3. The van der Waals surface area contributed by atoms with E-state index in [2.05, 4.69) is 36.3 Å². The van der Waals surface area contributed by atoms with Crippen molar-refractivity contribution in [1.82, 2.24) is 10.3 Å². The molecule has 1 aromatic rings. The van der Waals surface area contributed by atoms with Crippen molar-refractivity contribution in [2.24, 2.45) is 5.84 Å². The Balaban J connectivity index is 2.32. The molecule has 1 saturated heterocycles. The lowest BCUT2D eigenvalue weighted by molar-refractivity contribution is 0.0839. The first-order chi connectivity index (χ1) is 9.65. The Morgan fingerprint density at radius 3 is 2.65 bits per heavy atom. The maximum absolute atomic E-state index is 5.91. The Labute approximate surface area is 122 Å². The molecule has 3 N–H and O–H groups in total. The van der Waals surface area contributed by atoms with Gasteiger partial charge in [-0.2, -0.15) is 0 Å². The number of nitrogens with two attached hydrogens (primary N) is 1. The third-order valence-electron chi connectivity index (χ3n) is 4.76. The maximum Gasteiger partial charge on any atom is 0.119 e. The predicted molar refractivity (Wildman–Crippen MR) is 82.6 cm³/mol. The summed E-state index contributed by atoms with van der Waals surface area (Å²) in [5.74, 6) is 6.79. The number of methoxy groups -OCH3 is 1. The molecule has 1 aromatic carbocycles. The number of hydrogen-bond donors (Lipinski definition) is 2. The summed E-state index contributed by atoms with van der Waals surface area (Å²) in [6.07, 6.45) is 3.62. The summed E-state index contributed by atoms with van der Waals surface area (Å²) < 4.78 is 5.34. The van der Waals surface area contributed by atoms with Crippen LogP contribution in [0.25, 0.3) is 0 Å². The summed E-state index contributed by atoms with van der Waals surface area (Å²) >= 11 is 0. The molecule has 2 unspecified atom stereocenters. The molecule has 4 nitrogen and oxygen atoms in total. The molecular weight excluding hydrogens is 250 g/mol. The molecule has 1 aliphatic rings. The van der Waals surface area contributed by atoms with Gasteiger partial charge in [0.25, 0.3) is 0 Å². The molecule has 1 aliphatic heterocycles. The predicted octanol–water partition coefficient (Wildman–Crippen LogP) is 2.46. The highest BCUT2D eigenvalue weighted by Crippen LogP contribution is 2.36. The molecule has 20 heavy (non-hydrogen) atoms. The van der Waals surface area contributed by atoms with Crippen molar-refractivity contribution in [3.05, 3.63) is 29.8 Å². The molecule has 112 valence electrons. The fraction of sp³-hybridized carbons (Fsp3) is 0.625. The Bertz CT molecular complexity index is 431. The van der Waals surface area contributed by atoms with Gasteiger partial charge in [0.2, 0.25) is 0 Å². The first-order valence-electron chi connectivity index (χ1n) is 7.51. The third kappa shape index (κ3) is 2.82. The molecule has 4 heteroatoms. The second-order valence-electron chi connectivity index (χ2n) is 5.78. The SMILES string of the molecule is CCC(C)(C(NN)c1cccc(OC)c1)N1CCCC1. The molecule has 1 fully saturated rings. The molecule has 2 atom stereocenters. The molecule has 0 bridgehead atoms. The van der Waals surface area contributed by atoms with Crippen molar-refractivity contribution in [3.8, 4) is 5.75 Å². The average molecular weight is 277 g/mol. The summed E-state index contributed by atoms with van der Waals surface area (Å²) in [5, 5.41) is 0. The average Bonchev–Trinajstić information content (AvgIpc) is 3.02. The van der Waals surface area contributed by atoms with E-state index in [-0.39, 0.29) is 11.6 Å². The van der Waals surface area contributed by atoms with Crippen LogP contribution >= 0.6 is 0 Å². The van der Waals surface area contributed by atoms with Gasteiger partial charge in [-0.25, -0.2) is 0 Å². The van der Waals surface area contributed by atoms with Crippen LogP contribution in [0.1, 0.15) is 44.7 Å². The number of nitrogens with zero attached hydrogens (tertiary/aromatic N) is 1. The Morgan fingerprint density at radius 1 is 1.40 bits per heavy atom. The van der Waals surface area contributed by atoms with Crippen LogP contribution in [0.5, 0.6) is 5.75 Å². The number of rotatable bonds is 6. The van der Waals surface area contributed by atoms with Crippen LogP contribution in [0.2, 0.25) is 0 Å². The second kappa shape index (κ2) is 6.57. The van der Waals surface area contributed by atoms with Gasteiger partial charge in [0.1, 0.15) is 5.75 Å². The van der Waals surface area contributed by atoms with Gasteiger partial charge in [-0.15, -0.1) is 0 Å². The zero-order valence-electron chi connectivity index (χ0n) is 12.9. The lowest BCUT2D eigenvalue weighted by Gasteiger charge is -2.44. The number of ether oxygens (including phenoxy) is 1. The van der Waals surface area contributed by atoms with E-state index in [1.165, 1.54) is 18.4 Å². The van der Waals surface area contributed by atoms with Gasteiger partial charge < -0.3 is 4.74 Å². The maximum atomic E-state index is 5.91. The summed E-state index contributed by atoms with van der Waals surface area (Å²) in [5.41, 5.74) is 4.25. The number of benzene rings is 1. The van der Waals surface area contributed by atoms with Crippen molar-refractivity contribution in [2.45, 2.75) is 44.7 Å². The topological polar surface area (TPSA) is 50.5 Å². The quantitative estimate of drug-likeness (QED) is 0.619. The highest BCUT2D eigenvalue weighted by molar-refractivity contribution is 5.32. The number of hydrazine groups is 1. The normalized spacial score (nSPS) is 20.6. The molecule has 1 heterocycles. The van der Waals surface area contributed by atoms with Crippen molar-refractivity contribution in [1.29, 1.82) is 0 Å². The van der Waals surface area contributed by atoms with E-state index in [1.807, 2.05) is 12.1 Å². The Morgan fingerprint density at radius 2 is 2.10 bits per heavy atom. The highest BCUT2D eigenvalue weighted by Gasteiger charge is 2.39. The third-order valence-corrected chi connectivity index (χ3v) is 4.76. The summed E-state index contributed by atoms with van der Waals surface area (Å²) in [7, 11) is 1.70. The van der Waals surface area contributed by atoms with Crippen LogP contribution in [0.4, 0.5) is 0 Å². The monoisotopic (exact) mass is 277 g/mol. The van der Waals surface area contributed by atoms with E-state index in [0.717, 1.165) is 25.3 Å². The number of likely N-dealkylation sites (tertiary alicyclic amines) is 1. The number of hydrogen-bond acceptors (Lipinski definition) is 4. The second-order valence-corrected chi connectivity index (χ2v) is 5.78. The van der Waals surface area contributed by atoms with Crippen LogP contribution in [0, 0.1) is 0 Å². The molecule has 0 spiro atoms. The lowest BCUT2D eigenvalue weighted by atomic mass is 9.83. The fourth-order valence-corrected chi connectivity index (χ4v) is 3.29. The van der Waals surface area contributed by atoms with E-state index in [9.17, 15) is 0 Å². The molecule has 0 aliphatic carbocycles. The van der Waals surface area contributed by atoms with Gasteiger partial charge in [-0.3, -0.25) is 16.2 Å². The van der Waals surface area contributed by atoms with E-state index < -0.39 is 0 Å². The van der Waals surface area contributed by atoms with Gasteiger partial charge in [-0.1, -0.05) is 19.1 Å². The summed E-state index contributed by atoms with van der Waals surface area (Å²) in [6, 6.07) is 8.29. The lowest BCUT2D eigenvalue weighted by Crippen LogP contribution is -2.54. The smallest absolute Gasteiger partial charge is 0.119 e. The molecule has 0 radical (unpaired) electrons. The van der Waals surface area contributed by atoms with Gasteiger partial charge in [0.05, 0.1) is 13.2 Å². The zero-order valence-corrected chi connectivity index (χ0v) is 12.9. The minimum absolute atomic E-state index is 0.0254. The van der Waals surface area contributed by atoms with Crippen LogP contribution in [-0.2, 0) is 0 Å². The largest absolute Gasteiger partial charge is 0.497 e. The van der Waals surface area contributed by atoms with Gasteiger partial charge in [0, 0.05) is 5.54 Å². The van der Waals surface area contributed by atoms with E-state index in [0.29, 0.717) is 0 Å². The molecule has 0 saturated carbocycles.